The SMILES string of the molecule is Cc1cc(Cc2cnc(-c3nc4n(c(=O)c3O)CC3CCC4(NC(=O)C(C)(C)n4cncn4)CC3)[nH]2)ccc1F.O=C(O)C(F)(F)F. The van der Waals surface area contributed by atoms with Crippen LogP contribution in [0, 0.1) is 18.7 Å². The highest BCUT2D eigenvalue weighted by Crippen LogP contribution is 2.44. The Hall–Kier alpha value is -5.09. The number of nitrogens with zero attached hydrogens (tertiary/aromatic N) is 6. The number of aryl methyl sites for hydroxylation is 1. The number of carboxylic acid groups (broad SMARTS) is 1. The first-order valence-electron chi connectivity index (χ1n) is 14.6. The lowest BCUT2D eigenvalue weighted by molar-refractivity contribution is -0.192. The van der Waals surface area contributed by atoms with E-state index >= 15 is 0 Å². The third kappa shape index (κ3) is 6.59. The number of hydrogen-bond donors (Lipinski definition) is 4. The van der Waals surface area contributed by atoms with E-state index in [1.54, 1.807) is 39.1 Å². The van der Waals surface area contributed by atoms with Crippen LogP contribution in [0.2, 0.25) is 0 Å². The van der Waals surface area contributed by atoms with Crippen molar-refractivity contribution in [2.75, 3.05) is 0 Å². The van der Waals surface area contributed by atoms with Crippen LogP contribution < -0.4 is 10.9 Å². The summed E-state index contributed by atoms with van der Waals surface area (Å²) >= 11 is 0. The third-order valence-electron chi connectivity index (χ3n) is 8.59. The van der Waals surface area contributed by atoms with Gasteiger partial charge in [-0.1, -0.05) is 12.1 Å². The van der Waals surface area contributed by atoms with E-state index in [0.29, 0.717) is 37.2 Å². The number of benzene rings is 1. The molecule has 0 atom stereocenters. The van der Waals surface area contributed by atoms with Crippen molar-refractivity contribution in [3.05, 3.63) is 75.9 Å². The van der Waals surface area contributed by atoms with Crippen LogP contribution in [0.5, 0.6) is 5.75 Å². The minimum absolute atomic E-state index is 0.0345. The third-order valence-corrected chi connectivity index (χ3v) is 8.59. The van der Waals surface area contributed by atoms with Crippen molar-refractivity contribution in [2.24, 2.45) is 5.92 Å². The predicted octanol–water partition coefficient (Wildman–Crippen LogP) is 3.55. The number of fused-ring (bicyclic) bond motifs is 2. The van der Waals surface area contributed by atoms with Gasteiger partial charge in [0, 0.05) is 24.9 Å². The van der Waals surface area contributed by atoms with E-state index in [0.717, 1.165) is 24.1 Å². The Balaban J connectivity index is 0.000000559. The van der Waals surface area contributed by atoms with Gasteiger partial charge in [0.15, 0.2) is 11.5 Å². The van der Waals surface area contributed by atoms with E-state index in [2.05, 4.69) is 25.4 Å². The monoisotopic (exact) mass is 660 g/mol. The second kappa shape index (κ2) is 12.3. The zero-order valence-electron chi connectivity index (χ0n) is 25.6. The molecule has 2 bridgehead atoms. The number of rotatable bonds is 6. The number of carbonyl (C=O) groups is 2. The number of hydrogen-bond acceptors (Lipinski definition) is 8. The number of nitrogens with one attached hydrogen (secondary N) is 2. The maximum Gasteiger partial charge on any atom is 0.490 e. The lowest BCUT2D eigenvalue weighted by Gasteiger charge is -2.39. The lowest BCUT2D eigenvalue weighted by atomic mass is 9.77. The van der Waals surface area contributed by atoms with Crippen molar-refractivity contribution < 1.29 is 37.4 Å². The maximum atomic E-state index is 13.7. The molecule has 3 aliphatic rings. The summed E-state index contributed by atoms with van der Waals surface area (Å²) < 4.78 is 48.4. The molecule has 4 aromatic rings. The molecule has 0 radical (unpaired) electrons. The molecular formula is C30H32F4N8O5. The molecule has 5 heterocycles. The number of H-pyrrole nitrogens is 1. The van der Waals surface area contributed by atoms with Gasteiger partial charge in [0.25, 0.3) is 5.56 Å². The molecule has 1 aromatic carbocycles. The van der Waals surface area contributed by atoms with Gasteiger partial charge >= 0.3 is 12.1 Å². The Morgan fingerprint density at radius 2 is 1.87 bits per heavy atom. The molecular weight excluding hydrogens is 628 g/mol. The van der Waals surface area contributed by atoms with E-state index in [1.165, 1.54) is 28.0 Å². The average Bonchev–Trinajstić information content (AvgIpc) is 3.67. The van der Waals surface area contributed by atoms with E-state index in [9.17, 15) is 32.3 Å². The molecule has 13 nitrogen and oxygen atoms in total. The maximum absolute atomic E-state index is 13.7. The fraction of sp³-hybridized carbons (Fsp3) is 0.433. The highest BCUT2D eigenvalue weighted by Gasteiger charge is 2.48. The van der Waals surface area contributed by atoms with Gasteiger partial charge in [-0.25, -0.2) is 28.8 Å². The molecule has 1 aliphatic carbocycles. The number of alkyl halides is 3. The van der Waals surface area contributed by atoms with Gasteiger partial charge in [0.05, 0.1) is 5.54 Å². The van der Waals surface area contributed by atoms with Gasteiger partial charge in [-0.2, -0.15) is 18.3 Å². The Kier molecular flexibility index (Phi) is 8.68. The Bertz CT molecular complexity index is 1860. The summed E-state index contributed by atoms with van der Waals surface area (Å²) in [7, 11) is 0. The normalized spacial score (nSPS) is 18.9. The Morgan fingerprint density at radius 3 is 2.47 bits per heavy atom. The first-order chi connectivity index (χ1) is 22.0. The van der Waals surface area contributed by atoms with Crippen LogP contribution >= 0.6 is 0 Å². The second-order valence-electron chi connectivity index (χ2n) is 12.2. The van der Waals surface area contributed by atoms with Crippen LogP contribution in [-0.4, -0.2) is 62.5 Å². The van der Waals surface area contributed by atoms with Crippen LogP contribution in [0.4, 0.5) is 17.6 Å². The Morgan fingerprint density at radius 1 is 1.19 bits per heavy atom. The number of imidazole rings is 1. The second-order valence-corrected chi connectivity index (χ2v) is 12.2. The predicted molar refractivity (Wildman–Crippen MR) is 156 cm³/mol. The summed E-state index contributed by atoms with van der Waals surface area (Å²) in [6, 6.07) is 4.90. The molecule has 47 heavy (non-hydrogen) atoms. The van der Waals surface area contributed by atoms with Crippen LogP contribution in [-0.2, 0) is 33.6 Å². The van der Waals surface area contributed by atoms with Crippen LogP contribution in [0.15, 0.2) is 41.8 Å². The van der Waals surface area contributed by atoms with Crippen molar-refractivity contribution in [1.29, 1.82) is 0 Å². The van der Waals surface area contributed by atoms with Crippen molar-refractivity contribution in [3.63, 3.8) is 0 Å². The number of aromatic hydroxyl groups is 1. The zero-order valence-corrected chi connectivity index (χ0v) is 25.6. The summed E-state index contributed by atoms with van der Waals surface area (Å²) in [5.41, 5.74) is -0.303. The van der Waals surface area contributed by atoms with Crippen molar-refractivity contribution >= 4 is 11.9 Å². The van der Waals surface area contributed by atoms with E-state index < -0.39 is 34.5 Å². The minimum Gasteiger partial charge on any atom is -0.501 e. The number of aromatic amines is 1. The minimum atomic E-state index is -5.08. The molecule has 7 rings (SSSR count). The summed E-state index contributed by atoms with van der Waals surface area (Å²) in [6.45, 7) is 5.64. The van der Waals surface area contributed by atoms with E-state index in [-0.39, 0.29) is 29.2 Å². The van der Waals surface area contributed by atoms with Crippen LogP contribution in [0.3, 0.4) is 0 Å². The first-order valence-corrected chi connectivity index (χ1v) is 14.6. The number of carboxylic acids is 1. The van der Waals surface area contributed by atoms with Gasteiger partial charge < -0.3 is 20.5 Å². The standard InChI is InChI=1S/C28H31FN8O3.C2HF3O2/c1-16-10-18(4-5-20(16)29)11-19-12-31-23(33-19)21-22(38)24(39)36-13-17-6-8-28(9-7-17,25(36)34-21)35-26(40)27(2,3)37-15-30-14-32-37;3-2(4,5)1(6)7/h4-5,10,12,14-15,17,38H,6-9,11,13H2,1-3H3,(H,31,33)(H,35,40);(H,6,7). The van der Waals surface area contributed by atoms with Gasteiger partial charge in [-0.3, -0.25) is 14.2 Å². The first kappa shape index (κ1) is 33.3. The summed E-state index contributed by atoms with van der Waals surface area (Å²) in [5, 5.41) is 25.5. The fourth-order valence-corrected chi connectivity index (χ4v) is 5.84. The van der Waals surface area contributed by atoms with Crippen LogP contribution in [0.25, 0.3) is 11.5 Å². The fourth-order valence-electron chi connectivity index (χ4n) is 5.84. The quantitative estimate of drug-likeness (QED) is 0.225. The summed E-state index contributed by atoms with van der Waals surface area (Å²) in [5.74, 6) is -2.89. The smallest absolute Gasteiger partial charge is 0.490 e. The molecule has 3 aromatic heterocycles. The van der Waals surface area contributed by atoms with Crippen molar-refractivity contribution in [2.45, 2.75) is 76.7 Å². The number of amides is 1. The molecule has 4 N–H and O–H groups in total. The molecule has 0 unspecified atom stereocenters. The van der Waals surface area contributed by atoms with Crippen molar-refractivity contribution in [3.8, 4) is 17.3 Å². The number of aromatic nitrogens is 7. The number of aliphatic carboxylic acids is 1. The van der Waals surface area contributed by atoms with Gasteiger partial charge in [-0.15, -0.1) is 0 Å². The zero-order chi connectivity index (χ0) is 34.3. The molecule has 2 aliphatic heterocycles. The topological polar surface area (TPSA) is 181 Å². The average molecular weight is 661 g/mol. The van der Waals surface area contributed by atoms with E-state index in [1.807, 2.05) is 0 Å². The lowest BCUT2D eigenvalue weighted by Crippen LogP contribution is -2.55. The molecule has 0 spiro atoms. The number of carbonyl (C=O) groups excluding carboxylic acids is 1. The molecule has 17 heteroatoms. The van der Waals surface area contributed by atoms with E-state index in [4.69, 9.17) is 14.9 Å². The summed E-state index contributed by atoms with van der Waals surface area (Å²) in [6.07, 6.45) is 2.71. The van der Waals surface area contributed by atoms with Gasteiger partial charge in [-0.05, 0) is 69.6 Å². The molecule has 1 saturated carbocycles. The molecule has 0 saturated heterocycles. The number of halogens is 4. The summed E-state index contributed by atoms with van der Waals surface area (Å²) in [4.78, 5) is 52.4. The van der Waals surface area contributed by atoms with Crippen molar-refractivity contribution in [1.82, 2.24) is 39.6 Å². The Labute approximate surface area is 264 Å². The van der Waals surface area contributed by atoms with Crippen LogP contribution in [0.1, 0.15) is 62.2 Å². The highest BCUT2D eigenvalue weighted by molar-refractivity contribution is 5.84. The van der Waals surface area contributed by atoms with Gasteiger partial charge in [0.2, 0.25) is 11.7 Å². The largest absolute Gasteiger partial charge is 0.501 e. The molecule has 250 valence electrons. The highest BCUT2D eigenvalue weighted by atomic mass is 19.4. The molecule has 1 amide bonds. The van der Waals surface area contributed by atoms with Gasteiger partial charge in [0.1, 0.15) is 29.8 Å². The molecule has 1 fully saturated rings.